The van der Waals surface area contributed by atoms with E-state index in [-0.39, 0.29) is 17.4 Å². The van der Waals surface area contributed by atoms with Crippen molar-refractivity contribution in [1.82, 2.24) is 10.2 Å². The Morgan fingerprint density at radius 2 is 1.91 bits per heavy atom. The Balaban J connectivity index is 1.76. The van der Waals surface area contributed by atoms with Crippen LogP contribution in [0.3, 0.4) is 0 Å². The molecule has 1 N–H and O–H groups in total. The summed E-state index contributed by atoms with van der Waals surface area (Å²) in [4.78, 5) is 26.1. The highest BCUT2D eigenvalue weighted by atomic mass is 32.2. The van der Waals surface area contributed by atoms with Gasteiger partial charge in [0.05, 0.1) is 6.54 Å². The fourth-order valence-corrected chi connectivity index (χ4v) is 4.27. The smallest absolute Gasteiger partial charge is 0.322 e. The van der Waals surface area contributed by atoms with Crippen molar-refractivity contribution >= 4 is 23.7 Å². The normalized spacial score (nSPS) is 25.1. The van der Waals surface area contributed by atoms with Crippen LogP contribution in [0.25, 0.3) is 0 Å². The van der Waals surface area contributed by atoms with E-state index in [1.54, 1.807) is 11.8 Å². The topological polar surface area (TPSA) is 49.4 Å². The fraction of sp³-hybridized carbons (Fsp3) is 0.529. The minimum absolute atomic E-state index is 0.0672. The summed E-state index contributed by atoms with van der Waals surface area (Å²) in [5.41, 5.74) is 1.69. The molecule has 2 aliphatic rings. The maximum absolute atomic E-state index is 12.6. The van der Waals surface area contributed by atoms with Crippen LogP contribution in [-0.2, 0) is 16.8 Å². The number of carbonyl (C=O) groups excluding carboxylic acids is 2. The average Bonchev–Trinajstić information content (AvgIpc) is 3.00. The summed E-state index contributed by atoms with van der Waals surface area (Å²) in [7, 11) is 0. The van der Waals surface area contributed by atoms with E-state index >= 15 is 0 Å². The van der Waals surface area contributed by atoms with Gasteiger partial charge >= 0.3 is 6.03 Å². The number of rotatable bonds is 2. The second-order valence-electron chi connectivity index (χ2n) is 7.15. The van der Waals surface area contributed by atoms with Gasteiger partial charge in [0.2, 0.25) is 0 Å². The van der Waals surface area contributed by atoms with Gasteiger partial charge in [-0.3, -0.25) is 9.69 Å². The Hall–Kier alpha value is -1.49. The molecular weight excluding hydrogens is 296 g/mol. The molecule has 1 spiro atoms. The molecule has 22 heavy (non-hydrogen) atoms. The number of hydrogen-bond acceptors (Lipinski definition) is 3. The average molecular weight is 318 g/mol. The first-order valence-corrected chi connectivity index (χ1v) is 8.79. The van der Waals surface area contributed by atoms with Crippen LogP contribution in [0.15, 0.2) is 24.3 Å². The molecule has 118 valence electrons. The first kappa shape index (κ1) is 15.4. The number of amides is 3. The largest absolute Gasteiger partial charge is 0.325 e. The van der Waals surface area contributed by atoms with Crippen LogP contribution in [0.2, 0.25) is 0 Å². The number of carbonyl (C=O) groups is 2. The minimum atomic E-state index is -0.646. The highest BCUT2D eigenvalue weighted by Gasteiger charge is 2.52. The number of hydrogen-bond donors (Lipinski definition) is 1. The van der Waals surface area contributed by atoms with Crippen molar-refractivity contribution in [1.29, 1.82) is 0 Å². The van der Waals surface area contributed by atoms with E-state index < -0.39 is 5.54 Å². The molecule has 0 aliphatic carbocycles. The first-order chi connectivity index (χ1) is 10.3. The van der Waals surface area contributed by atoms with Gasteiger partial charge in [-0.2, -0.15) is 11.8 Å². The maximum Gasteiger partial charge on any atom is 0.325 e. The summed E-state index contributed by atoms with van der Waals surface area (Å²) < 4.78 is 0. The summed E-state index contributed by atoms with van der Waals surface area (Å²) in [6, 6.07) is 7.92. The molecular formula is C17H22N2O2S. The molecule has 1 unspecified atom stereocenters. The Labute approximate surface area is 135 Å². The quantitative estimate of drug-likeness (QED) is 0.853. The van der Waals surface area contributed by atoms with Crippen molar-refractivity contribution in [2.24, 2.45) is 0 Å². The van der Waals surface area contributed by atoms with E-state index in [0.717, 1.165) is 17.7 Å². The van der Waals surface area contributed by atoms with Crippen molar-refractivity contribution in [3.63, 3.8) is 0 Å². The molecule has 0 bridgehead atoms. The predicted octanol–water partition coefficient (Wildman–Crippen LogP) is 2.91. The molecule has 2 fully saturated rings. The van der Waals surface area contributed by atoms with E-state index in [1.807, 2.05) is 12.1 Å². The zero-order chi connectivity index (χ0) is 16.0. The second kappa shape index (κ2) is 5.30. The van der Waals surface area contributed by atoms with Crippen molar-refractivity contribution in [3.05, 3.63) is 35.4 Å². The Morgan fingerprint density at radius 1 is 1.23 bits per heavy atom. The Morgan fingerprint density at radius 3 is 2.45 bits per heavy atom. The van der Waals surface area contributed by atoms with Crippen molar-refractivity contribution < 1.29 is 9.59 Å². The zero-order valence-corrected chi connectivity index (χ0v) is 14.1. The van der Waals surface area contributed by atoms with Crippen LogP contribution < -0.4 is 5.32 Å². The highest BCUT2D eigenvalue weighted by Crippen LogP contribution is 2.34. The second-order valence-corrected chi connectivity index (χ2v) is 8.26. The first-order valence-electron chi connectivity index (χ1n) is 7.63. The highest BCUT2D eigenvalue weighted by molar-refractivity contribution is 7.99. The lowest BCUT2D eigenvalue weighted by Crippen LogP contribution is -2.46. The number of benzene rings is 1. The molecule has 4 nitrogen and oxygen atoms in total. The van der Waals surface area contributed by atoms with Gasteiger partial charge in [-0.1, -0.05) is 45.0 Å². The molecule has 0 saturated carbocycles. The molecule has 3 rings (SSSR count). The maximum atomic E-state index is 12.6. The van der Waals surface area contributed by atoms with E-state index in [9.17, 15) is 9.59 Å². The van der Waals surface area contributed by atoms with Crippen LogP contribution in [0.4, 0.5) is 4.79 Å². The van der Waals surface area contributed by atoms with Gasteiger partial charge < -0.3 is 5.32 Å². The Bertz CT molecular complexity index is 598. The number of urea groups is 1. The van der Waals surface area contributed by atoms with Crippen molar-refractivity contribution in [2.45, 2.75) is 44.7 Å². The Kier molecular flexibility index (Phi) is 3.71. The summed E-state index contributed by atoms with van der Waals surface area (Å²) in [5, 5.41) is 2.90. The van der Waals surface area contributed by atoms with Crippen LogP contribution in [0, 0.1) is 0 Å². The van der Waals surface area contributed by atoms with Gasteiger partial charge in [0.1, 0.15) is 5.54 Å². The SMILES string of the molecule is CC(C)(C)c1ccc(CN2C(=O)NC3(CCSC3)C2=O)cc1. The van der Waals surface area contributed by atoms with Crippen LogP contribution in [0.1, 0.15) is 38.3 Å². The number of nitrogens with one attached hydrogen (secondary N) is 1. The monoisotopic (exact) mass is 318 g/mol. The fourth-order valence-electron chi connectivity index (χ4n) is 2.94. The van der Waals surface area contributed by atoms with Gasteiger partial charge in [-0.15, -0.1) is 0 Å². The predicted molar refractivity (Wildman–Crippen MR) is 88.9 cm³/mol. The van der Waals surface area contributed by atoms with Gasteiger partial charge in [0, 0.05) is 5.75 Å². The zero-order valence-electron chi connectivity index (χ0n) is 13.3. The summed E-state index contributed by atoms with van der Waals surface area (Å²) in [6.45, 7) is 6.85. The van der Waals surface area contributed by atoms with E-state index in [2.05, 4.69) is 38.2 Å². The molecule has 2 aliphatic heterocycles. The third-order valence-electron chi connectivity index (χ3n) is 4.43. The van der Waals surface area contributed by atoms with Gasteiger partial charge in [-0.25, -0.2) is 4.79 Å². The van der Waals surface area contributed by atoms with Gasteiger partial charge in [0.15, 0.2) is 0 Å². The van der Waals surface area contributed by atoms with E-state index in [4.69, 9.17) is 0 Å². The lowest BCUT2D eigenvalue weighted by atomic mass is 9.87. The number of thioether (sulfide) groups is 1. The van der Waals surface area contributed by atoms with Gasteiger partial charge in [-0.05, 0) is 28.7 Å². The van der Waals surface area contributed by atoms with Gasteiger partial charge in [0.25, 0.3) is 5.91 Å². The van der Waals surface area contributed by atoms with Crippen molar-refractivity contribution in [2.75, 3.05) is 11.5 Å². The molecule has 3 amide bonds. The molecule has 0 aromatic heterocycles. The molecule has 2 heterocycles. The lowest BCUT2D eigenvalue weighted by molar-refractivity contribution is -0.130. The van der Waals surface area contributed by atoms with Crippen molar-refractivity contribution in [3.8, 4) is 0 Å². The molecule has 1 aromatic rings. The summed E-state index contributed by atoms with van der Waals surface area (Å²) in [6.07, 6.45) is 0.738. The van der Waals surface area contributed by atoms with Crippen LogP contribution >= 0.6 is 11.8 Å². The van der Waals surface area contributed by atoms with E-state index in [0.29, 0.717) is 12.3 Å². The number of nitrogens with zero attached hydrogens (tertiary/aromatic N) is 1. The molecule has 2 saturated heterocycles. The van der Waals surface area contributed by atoms with Crippen LogP contribution in [-0.4, -0.2) is 33.9 Å². The molecule has 1 aromatic carbocycles. The minimum Gasteiger partial charge on any atom is -0.322 e. The standard InChI is InChI=1S/C17H22N2O2S/c1-16(2,3)13-6-4-12(5-7-13)10-19-14(20)17(18-15(19)21)8-9-22-11-17/h4-7H,8-11H2,1-3H3,(H,18,21). The van der Waals surface area contributed by atoms with E-state index in [1.165, 1.54) is 10.5 Å². The van der Waals surface area contributed by atoms with Crippen LogP contribution in [0.5, 0.6) is 0 Å². The molecule has 1 atom stereocenters. The third kappa shape index (κ3) is 2.62. The number of imide groups is 1. The molecule has 5 heteroatoms. The lowest BCUT2D eigenvalue weighted by Gasteiger charge is -2.21. The summed E-state index contributed by atoms with van der Waals surface area (Å²) >= 11 is 1.73. The third-order valence-corrected chi connectivity index (χ3v) is 5.62. The molecule has 0 radical (unpaired) electrons. The summed E-state index contributed by atoms with van der Waals surface area (Å²) in [5.74, 6) is 1.55.